The van der Waals surface area contributed by atoms with Crippen LogP contribution in [0.5, 0.6) is 0 Å². The van der Waals surface area contributed by atoms with E-state index in [-0.39, 0.29) is 11.9 Å². The molecule has 4 rings (SSSR count). The van der Waals surface area contributed by atoms with Gasteiger partial charge in [0.25, 0.3) is 0 Å². The van der Waals surface area contributed by atoms with E-state index < -0.39 is 0 Å². The molecule has 0 fully saturated rings. The molecule has 3 aromatic rings. The second-order valence-corrected chi connectivity index (χ2v) is 6.34. The van der Waals surface area contributed by atoms with Crippen LogP contribution in [0, 0.1) is 0 Å². The zero-order valence-electron chi connectivity index (χ0n) is 14.3. The molecule has 0 saturated carbocycles. The molecule has 3 aromatic heterocycles. The minimum atomic E-state index is 0.0109. The number of nitrogens with one attached hydrogen (secondary N) is 1. The lowest BCUT2D eigenvalue weighted by Gasteiger charge is -2.24. The fraction of sp³-hybridized carbons (Fsp3) is 0.412. The number of hydrogen-bond donors (Lipinski definition) is 1. The van der Waals surface area contributed by atoms with Crippen molar-refractivity contribution in [3.8, 4) is 5.82 Å². The Bertz CT molecular complexity index is 858. The minimum absolute atomic E-state index is 0.0109. The van der Waals surface area contributed by atoms with E-state index in [2.05, 4.69) is 30.9 Å². The van der Waals surface area contributed by atoms with Crippen molar-refractivity contribution in [3.05, 3.63) is 48.2 Å². The Kier molecular flexibility index (Phi) is 4.67. The van der Waals surface area contributed by atoms with Crippen molar-refractivity contribution in [2.75, 3.05) is 0 Å². The van der Waals surface area contributed by atoms with Crippen LogP contribution >= 0.6 is 0 Å². The maximum absolute atomic E-state index is 12.3. The first-order valence-electron chi connectivity index (χ1n) is 8.79. The number of aryl methyl sites for hydroxylation is 1. The van der Waals surface area contributed by atoms with Crippen LogP contribution < -0.4 is 5.32 Å². The molecular weight excluding hydrogens is 332 g/mol. The van der Waals surface area contributed by atoms with Gasteiger partial charge in [-0.25, -0.2) is 14.3 Å². The molecule has 1 N–H and O–H groups in total. The molecule has 3 heterocycles. The van der Waals surface area contributed by atoms with E-state index in [4.69, 9.17) is 0 Å². The van der Waals surface area contributed by atoms with E-state index >= 15 is 0 Å². The Hall–Kier alpha value is -3.10. The first kappa shape index (κ1) is 16.4. The van der Waals surface area contributed by atoms with E-state index in [1.54, 1.807) is 17.2 Å². The van der Waals surface area contributed by atoms with Gasteiger partial charge in [0.05, 0.1) is 17.9 Å². The van der Waals surface area contributed by atoms with Crippen LogP contribution in [-0.2, 0) is 17.8 Å². The van der Waals surface area contributed by atoms with Crippen molar-refractivity contribution >= 4 is 5.91 Å². The van der Waals surface area contributed by atoms with Gasteiger partial charge in [-0.15, -0.1) is 5.10 Å². The average molecular weight is 352 g/mol. The smallest absolute Gasteiger partial charge is 0.220 e. The van der Waals surface area contributed by atoms with Gasteiger partial charge in [-0.1, -0.05) is 6.07 Å². The summed E-state index contributed by atoms with van der Waals surface area (Å²) in [5.41, 5.74) is 2.23. The molecule has 0 saturated heterocycles. The molecule has 1 atom stereocenters. The van der Waals surface area contributed by atoms with Crippen molar-refractivity contribution in [2.24, 2.45) is 0 Å². The molecule has 0 aliphatic heterocycles. The van der Waals surface area contributed by atoms with Gasteiger partial charge in [0.1, 0.15) is 6.33 Å². The van der Waals surface area contributed by atoms with Crippen molar-refractivity contribution in [2.45, 2.75) is 44.7 Å². The van der Waals surface area contributed by atoms with E-state index in [1.807, 2.05) is 29.1 Å². The molecule has 0 bridgehead atoms. The van der Waals surface area contributed by atoms with Gasteiger partial charge < -0.3 is 5.32 Å². The summed E-state index contributed by atoms with van der Waals surface area (Å²) in [5, 5.41) is 18.6. The molecule has 0 unspecified atom stereocenters. The number of rotatable bonds is 6. The minimum Gasteiger partial charge on any atom is -0.349 e. The van der Waals surface area contributed by atoms with Crippen molar-refractivity contribution < 1.29 is 4.79 Å². The molecule has 134 valence electrons. The average Bonchev–Trinajstić information content (AvgIpc) is 3.32. The predicted octanol–water partition coefficient (Wildman–Crippen LogP) is 1.23. The molecule has 9 nitrogen and oxygen atoms in total. The van der Waals surface area contributed by atoms with E-state index in [9.17, 15) is 4.79 Å². The number of aromatic nitrogens is 7. The summed E-state index contributed by atoms with van der Waals surface area (Å²) in [6.07, 6.45) is 9.20. The van der Waals surface area contributed by atoms with E-state index in [0.29, 0.717) is 19.4 Å². The van der Waals surface area contributed by atoms with Crippen molar-refractivity contribution in [3.63, 3.8) is 0 Å². The van der Waals surface area contributed by atoms with Crippen molar-refractivity contribution in [1.29, 1.82) is 0 Å². The zero-order chi connectivity index (χ0) is 17.8. The number of nitrogens with zero attached hydrogens (tertiary/aromatic N) is 7. The number of carbonyl (C=O) groups excluding carboxylic acids is 1. The van der Waals surface area contributed by atoms with Gasteiger partial charge in [0.15, 0.2) is 5.82 Å². The highest BCUT2D eigenvalue weighted by Crippen LogP contribution is 2.30. The van der Waals surface area contributed by atoms with Gasteiger partial charge in [-0.3, -0.25) is 4.79 Å². The molecule has 0 aromatic carbocycles. The molecule has 1 amide bonds. The monoisotopic (exact) mass is 352 g/mol. The zero-order valence-corrected chi connectivity index (χ0v) is 14.3. The van der Waals surface area contributed by atoms with E-state index in [1.165, 1.54) is 0 Å². The summed E-state index contributed by atoms with van der Waals surface area (Å²) >= 11 is 0. The Morgan fingerprint density at radius 2 is 2.31 bits per heavy atom. The third-order valence-electron chi connectivity index (χ3n) is 4.57. The normalized spacial score (nSPS) is 16.2. The second-order valence-electron chi connectivity index (χ2n) is 6.34. The van der Waals surface area contributed by atoms with Crippen LogP contribution in [-0.4, -0.2) is 40.9 Å². The SMILES string of the molecule is O=C(CCCn1cnnn1)N[C@@H]1CCCc2c1cnn2-c1ccccn1. The molecule has 1 aliphatic rings. The van der Waals surface area contributed by atoms with Gasteiger partial charge in [0.2, 0.25) is 5.91 Å². The lowest BCUT2D eigenvalue weighted by Crippen LogP contribution is -2.31. The Morgan fingerprint density at radius 3 is 3.12 bits per heavy atom. The number of tetrazole rings is 1. The number of hydrogen-bond acceptors (Lipinski definition) is 6. The summed E-state index contributed by atoms with van der Waals surface area (Å²) in [5.74, 6) is 0.851. The van der Waals surface area contributed by atoms with E-state index in [0.717, 1.165) is 36.3 Å². The number of amides is 1. The highest BCUT2D eigenvalue weighted by Gasteiger charge is 2.26. The fourth-order valence-electron chi connectivity index (χ4n) is 3.33. The Balaban J connectivity index is 1.40. The Labute approximate surface area is 150 Å². The quantitative estimate of drug-likeness (QED) is 0.715. The Morgan fingerprint density at radius 1 is 1.35 bits per heavy atom. The highest BCUT2D eigenvalue weighted by atomic mass is 16.1. The van der Waals surface area contributed by atoms with Gasteiger partial charge in [0, 0.05) is 24.7 Å². The predicted molar refractivity (Wildman–Crippen MR) is 92.2 cm³/mol. The molecule has 0 radical (unpaired) electrons. The molecule has 26 heavy (non-hydrogen) atoms. The maximum Gasteiger partial charge on any atom is 0.220 e. The summed E-state index contributed by atoms with van der Waals surface area (Å²) in [6, 6.07) is 5.78. The van der Waals surface area contributed by atoms with Crippen LogP contribution in [0.1, 0.15) is 43.0 Å². The maximum atomic E-state index is 12.3. The number of carbonyl (C=O) groups is 1. The highest BCUT2D eigenvalue weighted by molar-refractivity contribution is 5.76. The topological polar surface area (TPSA) is 103 Å². The molecule has 9 heteroatoms. The molecular formula is C17H20N8O. The number of pyridine rings is 1. The largest absolute Gasteiger partial charge is 0.349 e. The lowest BCUT2D eigenvalue weighted by molar-refractivity contribution is -0.122. The van der Waals surface area contributed by atoms with Crippen LogP contribution in [0.4, 0.5) is 0 Å². The van der Waals surface area contributed by atoms with Crippen LogP contribution in [0.15, 0.2) is 36.9 Å². The summed E-state index contributed by atoms with van der Waals surface area (Å²) in [7, 11) is 0. The fourth-order valence-corrected chi connectivity index (χ4v) is 3.33. The number of fused-ring (bicyclic) bond motifs is 1. The standard InChI is InChI=1S/C17H20N8O/c26-17(8-4-10-24-12-19-22-23-24)21-14-5-3-6-15-13(14)11-20-25(15)16-7-1-2-9-18-16/h1-2,7,9,11-12,14H,3-6,8,10H2,(H,21,26)/t14-/m1/s1. The third-order valence-corrected chi connectivity index (χ3v) is 4.57. The van der Waals surface area contributed by atoms with Gasteiger partial charge in [-0.2, -0.15) is 5.10 Å². The second kappa shape index (κ2) is 7.42. The lowest BCUT2D eigenvalue weighted by atomic mass is 9.93. The third kappa shape index (κ3) is 3.46. The van der Waals surface area contributed by atoms with Crippen LogP contribution in [0.25, 0.3) is 5.82 Å². The summed E-state index contributed by atoms with van der Waals surface area (Å²) in [4.78, 5) is 16.7. The molecule has 0 spiro atoms. The van der Waals surface area contributed by atoms with Crippen molar-refractivity contribution in [1.82, 2.24) is 40.3 Å². The van der Waals surface area contributed by atoms with Crippen LogP contribution in [0.2, 0.25) is 0 Å². The van der Waals surface area contributed by atoms with Crippen LogP contribution in [0.3, 0.4) is 0 Å². The summed E-state index contributed by atoms with van der Waals surface area (Å²) in [6.45, 7) is 0.633. The summed E-state index contributed by atoms with van der Waals surface area (Å²) < 4.78 is 3.51. The first-order valence-corrected chi connectivity index (χ1v) is 8.79. The van der Waals surface area contributed by atoms with Gasteiger partial charge >= 0.3 is 0 Å². The molecule has 1 aliphatic carbocycles. The van der Waals surface area contributed by atoms with Gasteiger partial charge in [-0.05, 0) is 48.2 Å². The first-order chi connectivity index (χ1) is 12.8.